The van der Waals surface area contributed by atoms with E-state index in [0.717, 1.165) is 5.56 Å². The summed E-state index contributed by atoms with van der Waals surface area (Å²) in [6.07, 6.45) is 3.11. The SMILES string of the molecule is CC1(C)[C@H](C(=O)O)[C@H]1C(=O)Nc1ccc(Cn2cncn2)cc1. The molecule has 7 heteroatoms. The average molecular weight is 314 g/mol. The predicted octanol–water partition coefficient (Wildman–Crippen LogP) is 1.62. The number of anilines is 1. The highest BCUT2D eigenvalue weighted by molar-refractivity contribution is 5.99. The molecule has 2 aromatic rings. The Morgan fingerprint density at radius 2 is 1.96 bits per heavy atom. The molecular formula is C16H18N4O3. The fourth-order valence-corrected chi connectivity index (χ4v) is 3.00. The van der Waals surface area contributed by atoms with Gasteiger partial charge in [-0.3, -0.25) is 9.59 Å². The Bertz CT molecular complexity index is 722. The van der Waals surface area contributed by atoms with Crippen LogP contribution in [-0.2, 0) is 16.1 Å². The molecule has 0 saturated heterocycles. The van der Waals surface area contributed by atoms with E-state index in [0.29, 0.717) is 12.2 Å². The molecule has 1 amide bonds. The van der Waals surface area contributed by atoms with Gasteiger partial charge in [0.25, 0.3) is 0 Å². The van der Waals surface area contributed by atoms with Gasteiger partial charge in [-0.05, 0) is 23.1 Å². The maximum atomic E-state index is 12.2. The number of aromatic nitrogens is 3. The lowest BCUT2D eigenvalue weighted by Crippen LogP contribution is -2.17. The Labute approximate surface area is 133 Å². The van der Waals surface area contributed by atoms with E-state index in [2.05, 4.69) is 15.4 Å². The summed E-state index contributed by atoms with van der Waals surface area (Å²) in [5.41, 5.74) is 1.19. The Morgan fingerprint density at radius 3 is 2.48 bits per heavy atom. The lowest BCUT2D eigenvalue weighted by atomic mass is 10.1. The molecule has 23 heavy (non-hydrogen) atoms. The molecule has 7 nitrogen and oxygen atoms in total. The molecule has 1 heterocycles. The first-order valence-corrected chi connectivity index (χ1v) is 7.34. The number of benzene rings is 1. The predicted molar refractivity (Wildman–Crippen MR) is 82.6 cm³/mol. The first kappa shape index (κ1) is 15.2. The standard InChI is InChI=1S/C16H18N4O3/c1-16(2)12(13(16)15(22)23)14(21)19-11-5-3-10(4-6-11)7-20-9-17-8-18-20/h3-6,8-9,12-13H,7H2,1-2H3,(H,19,21)(H,22,23)/t12-,13-/m0/s1. The number of carbonyl (C=O) groups is 2. The maximum absolute atomic E-state index is 12.2. The number of nitrogens with one attached hydrogen (secondary N) is 1. The molecular weight excluding hydrogens is 296 g/mol. The largest absolute Gasteiger partial charge is 0.481 e. The maximum Gasteiger partial charge on any atom is 0.307 e. The van der Waals surface area contributed by atoms with Crippen molar-refractivity contribution < 1.29 is 14.7 Å². The number of aliphatic carboxylic acids is 1. The van der Waals surface area contributed by atoms with Gasteiger partial charge < -0.3 is 10.4 Å². The third-order valence-electron chi connectivity index (χ3n) is 4.41. The summed E-state index contributed by atoms with van der Waals surface area (Å²) >= 11 is 0. The second kappa shape index (κ2) is 5.49. The summed E-state index contributed by atoms with van der Waals surface area (Å²) in [6.45, 7) is 4.21. The number of rotatable bonds is 5. The number of nitrogens with zero attached hydrogens (tertiary/aromatic N) is 3. The van der Waals surface area contributed by atoms with Crippen LogP contribution >= 0.6 is 0 Å². The van der Waals surface area contributed by atoms with Gasteiger partial charge in [0.15, 0.2) is 0 Å². The molecule has 1 aromatic carbocycles. The van der Waals surface area contributed by atoms with E-state index in [1.165, 1.54) is 6.33 Å². The van der Waals surface area contributed by atoms with Crippen LogP contribution in [0.1, 0.15) is 19.4 Å². The quantitative estimate of drug-likeness (QED) is 0.874. The third kappa shape index (κ3) is 2.94. The number of amides is 1. The van der Waals surface area contributed by atoms with Crippen LogP contribution in [0.2, 0.25) is 0 Å². The van der Waals surface area contributed by atoms with E-state index in [1.54, 1.807) is 37.0 Å². The molecule has 1 fully saturated rings. The van der Waals surface area contributed by atoms with Gasteiger partial charge in [0.2, 0.25) is 5.91 Å². The smallest absolute Gasteiger partial charge is 0.307 e. The highest BCUT2D eigenvalue weighted by Gasteiger charge is 2.65. The van der Waals surface area contributed by atoms with Crippen LogP contribution in [0.15, 0.2) is 36.9 Å². The molecule has 0 bridgehead atoms. The van der Waals surface area contributed by atoms with Gasteiger partial charge in [-0.1, -0.05) is 26.0 Å². The first-order valence-electron chi connectivity index (χ1n) is 7.34. The van der Waals surface area contributed by atoms with E-state index in [4.69, 9.17) is 5.11 Å². The Hall–Kier alpha value is -2.70. The minimum absolute atomic E-state index is 0.244. The van der Waals surface area contributed by atoms with Crippen LogP contribution in [0.25, 0.3) is 0 Å². The van der Waals surface area contributed by atoms with Crippen LogP contribution in [0.5, 0.6) is 0 Å². The zero-order valence-electron chi connectivity index (χ0n) is 12.9. The fourth-order valence-electron chi connectivity index (χ4n) is 3.00. The van der Waals surface area contributed by atoms with E-state index < -0.39 is 23.2 Å². The Morgan fingerprint density at radius 1 is 1.26 bits per heavy atom. The molecule has 3 rings (SSSR count). The molecule has 1 aromatic heterocycles. The normalized spacial score (nSPS) is 21.7. The molecule has 2 N–H and O–H groups in total. The Balaban J connectivity index is 1.62. The van der Waals surface area contributed by atoms with Gasteiger partial charge in [0.05, 0.1) is 18.4 Å². The van der Waals surface area contributed by atoms with Crippen LogP contribution in [0, 0.1) is 17.3 Å². The van der Waals surface area contributed by atoms with Crippen molar-refractivity contribution in [2.45, 2.75) is 20.4 Å². The summed E-state index contributed by atoms with van der Waals surface area (Å²) in [7, 11) is 0. The van der Waals surface area contributed by atoms with Crippen molar-refractivity contribution >= 4 is 17.6 Å². The van der Waals surface area contributed by atoms with Gasteiger partial charge in [0, 0.05) is 5.69 Å². The second-order valence-electron chi connectivity index (χ2n) is 6.39. The van der Waals surface area contributed by atoms with Crippen molar-refractivity contribution in [2.75, 3.05) is 5.32 Å². The van der Waals surface area contributed by atoms with Crippen molar-refractivity contribution in [3.8, 4) is 0 Å². The van der Waals surface area contributed by atoms with E-state index in [9.17, 15) is 9.59 Å². The number of carbonyl (C=O) groups excluding carboxylic acids is 1. The van der Waals surface area contributed by atoms with Gasteiger partial charge in [0.1, 0.15) is 12.7 Å². The van der Waals surface area contributed by atoms with E-state index in [-0.39, 0.29) is 5.91 Å². The number of hydrogen-bond acceptors (Lipinski definition) is 4. The summed E-state index contributed by atoms with van der Waals surface area (Å²) in [4.78, 5) is 27.3. The van der Waals surface area contributed by atoms with E-state index >= 15 is 0 Å². The zero-order valence-corrected chi connectivity index (χ0v) is 12.9. The number of carboxylic acids is 1. The molecule has 0 unspecified atom stereocenters. The van der Waals surface area contributed by atoms with E-state index in [1.807, 2.05) is 12.1 Å². The van der Waals surface area contributed by atoms with Gasteiger partial charge >= 0.3 is 5.97 Å². The topological polar surface area (TPSA) is 97.1 Å². The lowest BCUT2D eigenvalue weighted by molar-refractivity contribution is -0.140. The molecule has 1 saturated carbocycles. The molecule has 1 aliphatic rings. The summed E-state index contributed by atoms with van der Waals surface area (Å²) in [6, 6.07) is 7.39. The zero-order chi connectivity index (χ0) is 16.6. The minimum atomic E-state index is -0.918. The molecule has 2 atom stereocenters. The summed E-state index contributed by atoms with van der Waals surface area (Å²) in [5.74, 6) is -2.27. The summed E-state index contributed by atoms with van der Waals surface area (Å²) < 4.78 is 1.71. The average Bonchev–Trinajstić information content (AvgIpc) is 2.83. The third-order valence-corrected chi connectivity index (χ3v) is 4.41. The van der Waals surface area contributed by atoms with Crippen molar-refractivity contribution in [1.29, 1.82) is 0 Å². The second-order valence-corrected chi connectivity index (χ2v) is 6.39. The van der Waals surface area contributed by atoms with Crippen molar-refractivity contribution in [3.63, 3.8) is 0 Å². The number of hydrogen-bond donors (Lipinski definition) is 2. The van der Waals surface area contributed by atoms with Crippen LogP contribution in [0.4, 0.5) is 5.69 Å². The molecule has 0 aliphatic heterocycles. The minimum Gasteiger partial charge on any atom is -0.481 e. The molecule has 0 radical (unpaired) electrons. The highest BCUT2D eigenvalue weighted by atomic mass is 16.4. The molecule has 1 aliphatic carbocycles. The van der Waals surface area contributed by atoms with Gasteiger partial charge in [-0.15, -0.1) is 0 Å². The van der Waals surface area contributed by atoms with Crippen molar-refractivity contribution in [3.05, 3.63) is 42.5 Å². The molecule has 0 spiro atoms. The van der Waals surface area contributed by atoms with Crippen LogP contribution in [-0.4, -0.2) is 31.7 Å². The Kier molecular flexibility index (Phi) is 3.63. The lowest BCUT2D eigenvalue weighted by Gasteiger charge is -2.07. The van der Waals surface area contributed by atoms with Gasteiger partial charge in [-0.25, -0.2) is 9.67 Å². The fraction of sp³-hybridized carbons (Fsp3) is 0.375. The summed E-state index contributed by atoms with van der Waals surface area (Å²) in [5, 5.41) is 16.0. The number of carboxylic acid groups (broad SMARTS) is 1. The monoisotopic (exact) mass is 314 g/mol. The first-order chi connectivity index (χ1) is 10.9. The van der Waals surface area contributed by atoms with Crippen molar-refractivity contribution in [1.82, 2.24) is 14.8 Å². The van der Waals surface area contributed by atoms with Crippen molar-refractivity contribution in [2.24, 2.45) is 17.3 Å². The van der Waals surface area contributed by atoms with Crippen LogP contribution in [0.3, 0.4) is 0 Å². The van der Waals surface area contributed by atoms with Gasteiger partial charge in [-0.2, -0.15) is 5.10 Å². The van der Waals surface area contributed by atoms with Crippen LogP contribution < -0.4 is 5.32 Å². The molecule has 120 valence electrons. The highest BCUT2D eigenvalue weighted by Crippen LogP contribution is 2.58.